The van der Waals surface area contributed by atoms with E-state index in [-0.39, 0.29) is 11.2 Å². The van der Waals surface area contributed by atoms with Crippen LogP contribution in [-0.2, 0) is 6.18 Å². The number of nitrogens with zero attached hydrogens (tertiary/aromatic N) is 2. The molecule has 3 N–H and O–H groups in total. The van der Waals surface area contributed by atoms with Crippen molar-refractivity contribution in [2.45, 2.75) is 25.6 Å². The van der Waals surface area contributed by atoms with E-state index < -0.39 is 11.2 Å². The van der Waals surface area contributed by atoms with Crippen molar-refractivity contribution < 1.29 is 13.2 Å². The van der Waals surface area contributed by atoms with Gasteiger partial charge in [-0.2, -0.15) is 13.2 Å². The molecule has 86 valence electrons. The van der Waals surface area contributed by atoms with Crippen LogP contribution in [0, 0.1) is 0 Å². The number of rotatable bonds is 4. The van der Waals surface area contributed by atoms with Gasteiger partial charge in [0.1, 0.15) is 0 Å². The second-order valence-electron chi connectivity index (χ2n) is 3.10. The number of hydrogen-bond donors (Lipinski definition) is 2. The molecule has 0 aliphatic carbocycles. The summed E-state index contributed by atoms with van der Waals surface area (Å²) >= 11 is 0.492. The van der Waals surface area contributed by atoms with Gasteiger partial charge in [0, 0.05) is 12.6 Å². The molecule has 1 unspecified atom stereocenters. The van der Waals surface area contributed by atoms with Gasteiger partial charge in [-0.25, -0.2) is 0 Å². The maximum atomic E-state index is 12.1. The van der Waals surface area contributed by atoms with E-state index in [2.05, 4.69) is 15.5 Å². The molecule has 15 heavy (non-hydrogen) atoms. The topological polar surface area (TPSA) is 63.8 Å². The number of aromatic nitrogens is 2. The Kier molecular flexibility index (Phi) is 3.86. The van der Waals surface area contributed by atoms with Crippen molar-refractivity contribution in [2.75, 3.05) is 11.9 Å². The molecule has 1 aromatic rings. The Hall–Kier alpha value is -0.890. The van der Waals surface area contributed by atoms with E-state index in [0.717, 1.165) is 0 Å². The monoisotopic (exact) mass is 240 g/mol. The smallest absolute Gasteiger partial charge is 0.360 e. The zero-order valence-electron chi connectivity index (χ0n) is 8.01. The van der Waals surface area contributed by atoms with E-state index in [1.54, 1.807) is 0 Å². The largest absolute Gasteiger partial charge is 0.445 e. The summed E-state index contributed by atoms with van der Waals surface area (Å²) in [6.07, 6.45) is -3.75. The zero-order chi connectivity index (χ0) is 11.5. The minimum absolute atomic E-state index is 0.00695. The predicted octanol–water partition coefficient (Wildman–Crippen LogP) is 1.71. The van der Waals surface area contributed by atoms with E-state index in [0.29, 0.717) is 24.3 Å². The van der Waals surface area contributed by atoms with Gasteiger partial charge in [-0.15, -0.1) is 10.2 Å². The number of nitrogens with one attached hydrogen (secondary N) is 1. The van der Waals surface area contributed by atoms with Crippen LogP contribution >= 0.6 is 11.3 Å². The normalized spacial score (nSPS) is 13.9. The van der Waals surface area contributed by atoms with Gasteiger partial charge in [-0.1, -0.05) is 11.3 Å². The number of nitrogens with two attached hydrogens (primary N) is 1. The molecule has 0 bridgehead atoms. The molecule has 0 spiro atoms. The molecule has 0 amide bonds. The number of halogens is 3. The van der Waals surface area contributed by atoms with Crippen LogP contribution in [0.2, 0.25) is 0 Å². The van der Waals surface area contributed by atoms with Gasteiger partial charge in [0.25, 0.3) is 0 Å². The quantitative estimate of drug-likeness (QED) is 0.840. The summed E-state index contributed by atoms with van der Waals surface area (Å²) in [6.45, 7) is 2.31. The van der Waals surface area contributed by atoms with Crippen molar-refractivity contribution in [3.63, 3.8) is 0 Å². The van der Waals surface area contributed by atoms with E-state index in [1.165, 1.54) is 0 Å². The Morgan fingerprint density at radius 2 is 2.13 bits per heavy atom. The number of anilines is 1. The van der Waals surface area contributed by atoms with E-state index in [1.807, 2.05) is 6.92 Å². The van der Waals surface area contributed by atoms with Crippen molar-refractivity contribution >= 4 is 16.5 Å². The molecule has 0 radical (unpaired) electrons. The highest BCUT2D eigenvalue weighted by Crippen LogP contribution is 2.32. The summed E-state index contributed by atoms with van der Waals surface area (Å²) in [5.74, 6) is 0. The SMILES string of the molecule is CC(N)CCNc1nnc(C(F)(F)F)s1. The molecule has 1 atom stereocenters. The van der Waals surface area contributed by atoms with Crippen LogP contribution in [0.25, 0.3) is 0 Å². The highest BCUT2D eigenvalue weighted by atomic mass is 32.1. The van der Waals surface area contributed by atoms with Gasteiger partial charge < -0.3 is 11.1 Å². The van der Waals surface area contributed by atoms with Crippen molar-refractivity contribution in [2.24, 2.45) is 5.73 Å². The van der Waals surface area contributed by atoms with Gasteiger partial charge >= 0.3 is 6.18 Å². The lowest BCUT2D eigenvalue weighted by Crippen LogP contribution is -2.19. The third-order valence-electron chi connectivity index (χ3n) is 1.54. The lowest BCUT2D eigenvalue weighted by molar-refractivity contribution is -0.138. The third-order valence-corrected chi connectivity index (χ3v) is 2.47. The second kappa shape index (κ2) is 4.75. The Labute approximate surface area is 88.7 Å². The molecule has 0 aliphatic heterocycles. The Bertz CT molecular complexity index is 309. The third kappa shape index (κ3) is 4.00. The first kappa shape index (κ1) is 12.2. The van der Waals surface area contributed by atoms with Crippen molar-refractivity contribution in [3.05, 3.63) is 5.01 Å². The number of alkyl halides is 3. The van der Waals surface area contributed by atoms with Crippen molar-refractivity contribution in [1.29, 1.82) is 0 Å². The minimum atomic E-state index is -4.42. The van der Waals surface area contributed by atoms with Crippen LogP contribution in [0.1, 0.15) is 18.4 Å². The summed E-state index contributed by atoms with van der Waals surface area (Å²) in [7, 11) is 0. The van der Waals surface area contributed by atoms with Gasteiger partial charge in [0.2, 0.25) is 10.1 Å². The summed E-state index contributed by atoms with van der Waals surface area (Å²) < 4.78 is 36.3. The maximum absolute atomic E-state index is 12.1. The molecule has 4 nitrogen and oxygen atoms in total. The van der Waals surface area contributed by atoms with E-state index in [4.69, 9.17) is 5.73 Å². The molecule has 1 rings (SSSR count). The van der Waals surface area contributed by atoms with Gasteiger partial charge in [-0.05, 0) is 13.3 Å². The van der Waals surface area contributed by atoms with E-state index in [9.17, 15) is 13.2 Å². The summed E-state index contributed by atoms with van der Waals surface area (Å²) in [6, 6.07) is 0.00695. The Morgan fingerprint density at radius 3 is 2.60 bits per heavy atom. The highest BCUT2D eigenvalue weighted by molar-refractivity contribution is 7.15. The van der Waals surface area contributed by atoms with Gasteiger partial charge in [-0.3, -0.25) is 0 Å². The first-order valence-corrected chi connectivity index (χ1v) is 5.11. The van der Waals surface area contributed by atoms with Crippen molar-refractivity contribution in [1.82, 2.24) is 10.2 Å². The summed E-state index contributed by atoms with van der Waals surface area (Å²) in [5, 5.41) is 8.37. The molecular weight excluding hydrogens is 229 g/mol. The fourth-order valence-electron chi connectivity index (χ4n) is 0.816. The summed E-state index contributed by atoms with van der Waals surface area (Å²) in [4.78, 5) is 0. The second-order valence-corrected chi connectivity index (χ2v) is 4.08. The molecule has 0 fully saturated rings. The Balaban J connectivity index is 2.47. The minimum Gasteiger partial charge on any atom is -0.360 e. The molecule has 0 aliphatic rings. The van der Waals surface area contributed by atoms with Gasteiger partial charge in [0.15, 0.2) is 0 Å². The van der Waals surface area contributed by atoms with Gasteiger partial charge in [0.05, 0.1) is 0 Å². The van der Waals surface area contributed by atoms with Crippen LogP contribution in [0.4, 0.5) is 18.3 Å². The average Bonchev–Trinajstić information content (AvgIpc) is 2.51. The lowest BCUT2D eigenvalue weighted by Gasteiger charge is -2.04. The van der Waals surface area contributed by atoms with Crippen LogP contribution in [0.5, 0.6) is 0 Å². The molecule has 0 saturated carbocycles. The first-order chi connectivity index (χ1) is 6.89. The lowest BCUT2D eigenvalue weighted by atomic mass is 10.2. The molecule has 1 aromatic heterocycles. The molecule has 0 aromatic carbocycles. The van der Waals surface area contributed by atoms with Crippen LogP contribution in [0.3, 0.4) is 0 Å². The maximum Gasteiger partial charge on any atom is 0.445 e. The zero-order valence-corrected chi connectivity index (χ0v) is 8.82. The number of hydrogen-bond acceptors (Lipinski definition) is 5. The fraction of sp³-hybridized carbons (Fsp3) is 0.714. The summed E-state index contributed by atoms with van der Waals surface area (Å²) in [5.41, 5.74) is 5.48. The Morgan fingerprint density at radius 1 is 1.47 bits per heavy atom. The molecular formula is C7H11F3N4S. The van der Waals surface area contributed by atoms with E-state index >= 15 is 0 Å². The van der Waals surface area contributed by atoms with Crippen LogP contribution < -0.4 is 11.1 Å². The van der Waals surface area contributed by atoms with Crippen molar-refractivity contribution in [3.8, 4) is 0 Å². The first-order valence-electron chi connectivity index (χ1n) is 4.29. The molecule has 1 heterocycles. The standard InChI is InChI=1S/C7H11F3N4S/c1-4(11)2-3-12-6-14-13-5(15-6)7(8,9)10/h4H,2-3,11H2,1H3,(H,12,14). The van der Waals surface area contributed by atoms with Crippen LogP contribution in [0.15, 0.2) is 0 Å². The average molecular weight is 240 g/mol. The van der Waals surface area contributed by atoms with Crippen LogP contribution in [-0.4, -0.2) is 22.8 Å². The highest BCUT2D eigenvalue weighted by Gasteiger charge is 2.35. The molecule has 0 saturated heterocycles. The predicted molar refractivity (Wildman–Crippen MR) is 51.7 cm³/mol. The fourth-order valence-corrected chi connectivity index (χ4v) is 1.45. The molecule has 8 heteroatoms.